The number of fused-ring (bicyclic) bond motifs is 1. The molecule has 0 saturated carbocycles. The number of para-hydroxylation sites is 1. The number of hydrogen-bond acceptors (Lipinski definition) is 2. The van der Waals surface area contributed by atoms with Gasteiger partial charge in [0.05, 0.1) is 13.0 Å². The minimum Gasteiger partial charge on any atom is -0.469 e. The maximum atomic E-state index is 12.4. The molecule has 0 N–H and O–H groups in total. The maximum Gasteiger partial charge on any atom is 0.308 e. The Bertz CT molecular complexity index is 1180. The summed E-state index contributed by atoms with van der Waals surface area (Å²) in [5.41, 5.74) is 4.92. The first kappa shape index (κ1) is 21.6. The fourth-order valence-electron chi connectivity index (χ4n) is 4.19. The Kier molecular flexibility index (Phi) is 7.19. The standard InChI is InChI=1S/C29H29NO2/c1-32-29(31)25(16-10-15-23-11-4-2-5-12-23)19-20-26-22-30(21-24-13-6-3-7-14-24)28-18-9-8-17-27(26)28/h2-15,17-18,22,25H,16,19-21H2,1H3/b15-10-. The van der Waals surface area contributed by atoms with Crippen molar-refractivity contribution in [3.63, 3.8) is 0 Å². The summed E-state index contributed by atoms with van der Waals surface area (Å²) in [5, 5.41) is 1.26. The predicted octanol–water partition coefficient (Wildman–Crippen LogP) is 6.51. The molecule has 0 radical (unpaired) electrons. The van der Waals surface area contributed by atoms with Gasteiger partial charge in [0.15, 0.2) is 0 Å². The van der Waals surface area contributed by atoms with Crippen molar-refractivity contribution >= 4 is 22.9 Å². The van der Waals surface area contributed by atoms with Crippen LogP contribution in [-0.4, -0.2) is 17.6 Å². The van der Waals surface area contributed by atoms with Gasteiger partial charge >= 0.3 is 5.97 Å². The van der Waals surface area contributed by atoms with Crippen LogP contribution in [0.15, 0.2) is 97.2 Å². The van der Waals surface area contributed by atoms with E-state index in [9.17, 15) is 4.79 Å². The molecule has 0 saturated heterocycles. The van der Waals surface area contributed by atoms with Crippen molar-refractivity contribution < 1.29 is 9.53 Å². The number of ether oxygens (including phenoxy) is 1. The molecule has 0 aliphatic carbocycles. The van der Waals surface area contributed by atoms with Gasteiger partial charge in [-0.15, -0.1) is 0 Å². The van der Waals surface area contributed by atoms with E-state index in [2.05, 4.69) is 83.6 Å². The number of allylic oxidation sites excluding steroid dienone is 1. The molecule has 1 heterocycles. The third kappa shape index (κ3) is 5.36. The molecular formula is C29H29NO2. The number of nitrogens with zero attached hydrogens (tertiary/aromatic N) is 1. The van der Waals surface area contributed by atoms with Gasteiger partial charge in [0.1, 0.15) is 0 Å². The van der Waals surface area contributed by atoms with Crippen molar-refractivity contribution in [1.29, 1.82) is 0 Å². The minimum atomic E-state index is -0.156. The zero-order chi connectivity index (χ0) is 22.2. The summed E-state index contributed by atoms with van der Waals surface area (Å²) in [6.07, 6.45) is 8.65. The van der Waals surface area contributed by atoms with Crippen molar-refractivity contribution in [2.45, 2.75) is 25.8 Å². The number of carbonyl (C=O) groups is 1. The molecule has 0 aliphatic rings. The molecule has 162 valence electrons. The van der Waals surface area contributed by atoms with Gasteiger partial charge in [-0.05, 0) is 42.0 Å². The fraction of sp³-hybridized carbons (Fsp3) is 0.207. The Morgan fingerprint density at radius 3 is 2.38 bits per heavy atom. The summed E-state index contributed by atoms with van der Waals surface area (Å²) in [6, 6.07) is 29.2. The zero-order valence-corrected chi connectivity index (χ0v) is 18.5. The number of esters is 1. The SMILES string of the molecule is COC(=O)C(C/C=C\c1ccccc1)CCc1cn(Cc2ccccc2)c2ccccc12. The van der Waals surface area contributed by atoms with Crippen LogP contribution < -0.4 is 0 Å². The van der Waals surface area contributed by atoms with Crippen LogP contribution in [0.25, 0.3) is 17.0 Å². The first-order chi connectivity index (χ1) is 15.7. The highest BCUT2D eigenvalue weighted by Gasteiger charge is 2.19. The maximum absolute atomic E-state index is 12.4. The number of aromatic nitrogens is 1. The molecule has 32 heavy (non-hydrogen) atoms. The van der Waals surface area contributed by atoms with Crippen LogP contribution in [-0.2, 0) is 22.5 Å². The van der Waals surface area contributed by atoms with Gasteiger partial charge in [-0.25, -0.2) is 0 Å². The summed E-state index contributed by atoms with van der Waals surface area (Å²) in [7, 11) is 1.47. The van der Waals surface area contributed by atoms with E-state index < -0.39 is 0 Å². The van der Waals surface area contributed by atoms with Gasteiger partial charge in [0, 0.05) is 23.6 Å². The highest BCUT2D eigenvalue weighted by molar-refractivity contribution is 5.84. The van der Waals surface area contributed by atoms with Gasteiger partial charge in [0.2, 0.25) is 0 Å². The van der Waals surface area contributed by atoms with Crippen LogP contribution in [0.3, 0.4) is 0 Å². The number of aryl methyl sites for hydroxylation is 1. The van der Waals surface area contributed by atoms with Crippen molar-refractivity contribution in [3.05, 3.63) is 114 Å². The van der Waals surface area contributed by atoms with E-state index in [1.54, 1.807) is 0 Å². The fourth-order valence-corrected chi connectivity index (χ4v) is 4.19. The van der Waals surface area contributed by atoms with Crippen molar-refractivity contribution in [2.24, 2.45) is 5.92 Å². The summed E-state index contributed by atoms with van der Waals surface area (Å²) in [5.74, 6) is -0.299. The van der Waals surface area contributed by atoms with Gasteiger partial charge in [-0.3, -0.25) is 4.79 Å². The molecule has 0 aliphatic heterocycles. The van der Waals surface area contributed by atoms with Crippen LogP contribution >= 0.6 is 0 Å². The van der Waals surface area contributed by atoms with Gasteiger partial charge in [0.25, 0.3) is 0 Å². The first-order valence-corrected chi connectivity index (χ1v) is 11.1. The molecule has 1 aromatic heterocycles. The van der Waals surface area contributed by atoms with E-state index in [1.807, 2.05) is 24.3 Å². The quantitative estimate of drug-likeness (QED) is 0.287. The third-order valence-corrected chi connectivity index (χ3v) is 5.89. The molecule has 0 bridgehead atoms. The Morgan fingerprint density at radius 1 is 0.938 bits per heavy atom. The lowest BCUT2D eigenvalue weighted by Crippen LogP contribution is -2.16. The van der Waals surface area contributed by atoms with E-state index in [0.717, 1.165) is 24.9 Å². The molecule has 1 unspecified atom stereocenters. The number of rotatable bonds is 9. The molecule has 4 aromatic rings. The molecule has 3 nitrogen and oxygen atoms in total. The third-order valence-electron chi connectivity index (χ3n) is 5.89. The van der Waals surface area contributed by atoms with E-state index >= 15 is 0 Å². The molecule has 0 spiro atoms. The van der Waals surface area contributed by atoms with Crippen molar-refractivity contribution in [2.75, 3.05) is 7.11 Å². The Morgan fingerprint density at radius 2 is 1.62 bits per heavy atom. The van der Waals surface area contributed by atoms with Gasteiger partial charge < -0.3 is 9.30 Å². The second-order valence-electron chi connectivity index (χ2n) is 8.09. The van der Waals surface area contributed by atoms with Crippen molar-refractivity contribution in [1.82, 2.24) is 4.57 Å². The van der Waals surface area contributed by atoms with Crippen LogP contribution in [0.4, 0.5) is 0 Å². The Balaban J connectivity index is 1.49. The smallest absolute Gasteiger partial charge is 0.308 e. The van der Waals surface area contributed by atoms with E-state index in [-0.39, 0.29) is 11.9 Å². The van der Waals surface area contributed by atoms with Gasteiger partial charge in [-0.2, -0.15) is 0 Å². The number of benzene rings is 3. The van der Waals surface area contributed by atoms with Crippen molar-refractivity contribution in [3.8, 4) is 0 Å². The lowest BCUT2D eigenvalue weighted by Gasteiger charge is -2.12. The molecule has 3 aromatic carbocycles. The van der Waals surface area contributed by atoms with E-state index in [0.29, 0.717) is 6.42 Å². The predicted molar refractivity (Wildman–Crippen MR) is 131 cm³/mol. The lowest BCUT2D eigenvalue weighted by atomic mass is 9.95. The average Bonchev–Trinajstić information content (AvgIpc) is 3.19. The number of hydrogen-bond donors (Lipinski definition) is 0. The van der Waals surface area contributed by atoms with Crippen LogP contribution in [0, 0.1) is 5.92 Å². The summed E-state index contributed by atoms with van der Waals surface area (Å²) >= 11 is 0. The topological polar surface area (TPSA) is 31.2 Å². The zero-order valence-electron chi connectivity index (χ0n) is 18.5. The molecule has 0 amide bonds. The normalized spacial score (nSPS) is 12.3. The van der Waals surface area contributed by atoms with E-state index in [4.69, 9.17) is 4.74 Å². The monoisotopic (exact) mass is 423 g/mol. The van der Waals surface area contributed by atoms with Crippen LogP contribution in [0.2, 0.25) is 0 Å². The molecular weight excluding hydrogens is 394 g/mol. The second kappa shape index (κ2) is 10.6. The van der Waals surface area contributed by atoms with Crippen LogP contribution in [0.5, 0.6) is 0 Å². The molecule has 0 fully saturated rings. The number of methoxy groups -OCH3 is 1. The largest absolute Gasteiger partial charge is 0.469 e. The minimum absolute atomic E-state index is 0.143. The summed E-state index contributed by atoms with van der Waals surface area (Å²) < 4.78 is 7.41. The average molecular weight is 424 g/mol. The summed E-state index contributed by atoms with van der Waals surface area (Å²) in [6.45, 7) is 0.835. The molecule has 3 heteroatoms. The highest BCUT2D eigenvalue weighted by atomic mass is 16.5. The van der Waals surface area contributed by atoms with E-state index in [1.165, 1.54) is 29.1 Å². The molecule has 4 rings (SSSR count). The van der Waals surface area contributed by atoms with Gasteiger partial charge in [-0.1, -0.05) is 91.0 Å². The summed E-state index contributed by atoms with van der Waals surface area (Å²) in [4.78, 5) is 12.4. The second-order valence-corrected chi connectivity index (χ2v) is 8.09. The van der Waals surface area contributed by atoms with Crippen LogP contribution in [0.1, 0.15) is 29.5 Å². The Labute approximate surface area is 190 Å². The number of carbonyl (C=O) groups excluding carboxylic acids is 1. The Hall–Kier alpha value is -3.59. The first-order valence-electron chi connectivity index (χ1n) is 11.1. The lowest BCUT2D eigenvalue weighted by molar-refractivity contribution is -0.145. The highest BCUT2D eigenvalue weighted by Crippen LogP contribution is 2.26. The molecule has 1 atom stereocenters.